The first kappa shape index (κ1) is 22.9. The van der Waals surface area contributed by atoms with Crippen molar-refractivity contribution < 1.29 is 0 Å². The average Bonchev–Trinajstić information content (AvgIpc) is 3.56. The van der Waals surface area contributed by atoms with Gasteiger partial charge in [-0.2, -0.15) is 0 Å². The first-order chi connectivity index (χ1) is 19.8. The van der Waals surface area contributed by atoms with Crippen LogP contribution in [0.5, 0.6) is 0 Å². The summed E-state index contributed by atoms with van der Waals surface area (Å²) in [5, 5.41) is 2.49. The van der Waals surface area contributed by atoms with E-state index in [1.807, 2.05) is 23.5 Å². The third-order valence-electron chi connectivity index (χ3n) is 7.41. The van der Waals surface area contributed by atoms with Crippen LogP contribution in [0.3, 0.4) is 0 Å². The molecule has 0 unspecified atom stereocenters. The molecule has 0 amide bonds. The number of benzene rings is 5. The quantitative estimate of drug-likeness (QED) is 0.227. The van der Waals surface area contributed by atoms with Gasteiger partial charge in [-0.25, -0.2) is 9.97 Å². The molecule has 3 nitrogen and oxygen atoms in total. The summed E-state index contributed by atoms with van der Waals surface area (Å²) >= 11 is 1.85. The van der Waals surface area contributed by atoms with Crippen LogP contribution in [-0.4, -0.2) is 14.5 Å². The number of thiophene rings is 1. The van der Waals surface area contributed by atoms with Crippen molar-refractivity contribution in [1.82, 2.24) is 14.5 Å². The fourth-order valence-corrected chi connectivity index (χ4v) is 6.75. The molecule has 3 aromatic heterocycles. The number of para-hydroxylation sites is 2. The van der Waals surface area contributed by atoms with Gasteiger partial charge >= 0.3 is 0 Å². The van der Waals surface area contributed by atoms with E-state index in [-0.39, 0.29) is 0 Å². The fraction of sp³-hybridized carbons (Fsp3) is 0. The van der Waals surface area contributed by atoms with Crippen molar-refractivity contribution in [3.05, 3.63) is 140 Å². The van der Waals surface area contributed by atoms with Gasteiger partial charge < -0.3 is 4.57 Å². The Balaban J connectivity index is 1.40. The van der Waals surface area contributed by atoms with E-state index in [0.29, 0.717) is 0 Å². The molecule has 0 saturated heterocycles. The van der Waals surface area contributed by atoms with E-state index in [0.717, 1.165) is 39.6 Å². The minimum atomic E-state index is 0.726. The van der Waals surface area contributed by atoms with Gasteiger partial charge in [0.25, 0.3) is 0 Å². The highest BCUT2D eigenvalue weighted by atomic mass is 32.1. The van der Waals surface area contributed by atoms with Crippen molar-refractivity contribution in [2.24, 2.45) is 0 Å². The van der Waals surface area contributed by atoms with Gasteiger partial charge in [-0.05, 0) is 42.5 Å². The Hall–Kier alpha value is -5.06. The number of hydrogen-bond donors (Lipinski definition) is 0. The van der Waals surface area contributed by atoms with Gasteiger partial charge in [-0.15, -0.1) is 11.3 Å². The topological polar surface area (TPSA) is 30.7 Å². The summed E-state index contributed by atoms with van der Waals surface area (Å²) in [7, 11) is 0. The molecule has 0 spiro atoms. The molecule has 0 bridgehead atoms. The smallest absolute Gasteiger partial charge is 0.160 e. The summed E-state index contributed by atoms with van der Waals surface area (Å²) in [5.41, 5.74) is 8.60. The first-order valence-corrected chi connectivity index (χ1v) is 14.2. The van der Waals surface area contributed by atoms with E-state index < -0.39 is 0 Å². The normalized spacial score (nSPS) is 11.5. The van der Waals surface area contributed by atoms with Crippen LogP contribution in [0.25, 0.3) is 70.8 Å². The molecule has 5 aromatic carbocycles. The third-order valence-corrected chi connectivity index (χ3v) is 8.61. The van der Waals surface area contributed by atoms with Gasteiger partial charge in [0.2, 0.25) is 0 Å². The predicted molar refractivity (Wildman–Crippen MR) is 168 cm³/mol. The number of nitrogens with zero attached hydrogens (tertiary/aromatic N) is 3. The van der Waals surface area contributed by atoms with Crippen LogP contribution < -0.4 is 0 Å². The van der Waals surface area contributed by atoms with Crippen molar-refractivity contribution in [2.45, 2.75) is 0 Å². The summed E-state index contributed by atoms with van der Waals surface area (Å²) in [5.74, 6) is 0.726. The fourth-order valence-electron chi connectivity index (χ4n) is 5.54. The second-order valence-corrected chi connectivity index (χ2v) is 10.9. The van der Waals surface area contributed by atoms with Crippen LogP contribution in [0.4, 0.5) is 0 Å². The molecular weight excluding hydrogens is 506 g/mol. The summed E-state index contributed by atoms with van der Waals surface area (Å²) < 4.78 is 4.95. The Morgan fingerprint density at radius 1 is 0.500 bits per heavy atom. The van der Waals surface area contributed by atoms with Gasteiger partial charge in [-0.1, -0.05) is 97.1 Å². The number of aromatic nitrogens is 3. The molecule has 0 saturated carbocycles. The minimum Gasteiger partial charge on any atom is -0.308 e. The number of rotatable bonds is 4. The molecule has 0 N–H and O–H groups in total. The lowest BCUT2D eigenvalue weighted by Crippen LogP contribution is -1.96. The van der Waals surface area contributed by atoms with Crippen molar-refractivity contribution >= 4 is 42.5 Å². The predicted octanol–water partition coefficient (Wildman–Crippen LogP) is 9.79. The van der Waals surface area contributed by atoms with Crippen LogP contribution in [0, 0.1) is 0 Å². The highest BCUT2D eigenvalue weighted by Gasteiger charge is 2.19. The lowest BCUT2D eigenvalue weighted by atomic mass is 10.1. The van der Waals surface area contributed by atoms with E-state index in [2.05, 4.69) is 132 Å². The summed E-state index contributed by atoms with van der Waals surface area (Å²) in [6.07, 6.45) is 0. The van der Waals surface area contributed by atoms with Gasteiger partial charge in [0.05, 0.1) is 27.1 Å². The monoisotopic (exact) mass is 529 g/mol. The second kappa shape index (κ2) is 9.30. The van der Waals surface area contributed by atoms with Crippen LogP contribution in [0.2, 0.25) is 0 Å². The highest BCUT2D eigenvalue weighted by Crippen LogP contribution is 2.43. The molecule has 0 fully saturated rings. The molecule has 0 aliphatic rings. The Bertz CT molecular complexity index is 2090. The zero-order valence-electron chi connectivity index (χ0n) is 21.5. The number of hydrogen-bond acceptors (Lipinski definition) is 3. The van der Waals surface area contributed by atoms with Crippen molar-refractivity contribution in [3.63, 3.8) is 0 Å². The van der Waals surface area contributed by atoms with Crippen molar-refractivity contribution in [3.8, 4) is 39.6 Å². The Labute approximate surface area is 235 Å². The molecule has 0 atom stereocenters. The number of fused-ring (bicyclic) bond motifs is 5. The zero-order valence-corrected chi connectivity index (χ0v) is 22.3. The third kappa shape index (κ3) is 3.73. The largest absolute Gasteiger partial charge is 0.308 e. The van der Waals surface area contributed by atoms with Crippen LogP contribution >= 0.6 is 11.3 Å². The maximum atomic E-state index is 5.08. The minimum absolute atomic E-state index is 0.726. The average molecular weight is 530 g/mol. The summed E-state index contributed by atoms with van der Waals surface area (Å²) in [6.45, 7) is 0. The molecule has 0 aliphatic heterocycles. The zero-order chi connectivity index (χ0) is 26.5. The lowest BCUT2D eigenvalue weighted by molar-refractivity contribution is 1.18. The van der Waals surface area contributed by atoms with Crippen molar-refractivity contribution in [1.29, 1.82) is 0 Å². The Morgan fingerprint density at radius 3 is 1.77 bits per heavy atom. The van der Waals surface area contributed by atoms with E-state index in [4.69, 9.17) is 9.97 Å². The molecule has 188 valence electrons. The van der Waals surface area contributed by atoms with Crippen molar-refractivity contribution in [2.75, 3.05) is 0 Å². The van der Waals surface area contributed by atoms with Crippen LogP contribution in [-0.2, 0) is 0 Å². The second-order valence-electron chi connectivity index (χ2n) is 9.87. The SMILES string of the molecule is c1ccc(-c2cc(-c3ccccc3)nc(-c3ccc4sc5c6ccccc6n(-c6ccccc6)c5c4c3)n2)cc1. The van der Waals surface area contributed by atoms with Gasteiger partial charge in [-0.3, -0.25) is 0 Å². The Morgan fingerprint density at radius 2 is 1.10 bits per heavy atom. The molecule has 40 heavy (non-hydrogen) atoms. The van der Waals surface area contributed by atoms with E-state index in [9.17, 15) is 0 Å². The summed E-state index contributed by atoms with van der Waals surface area (Å²) in [4.78, 5) is 10.2. The Kier molecular flexibility index (Phi) is 5.32. The van der Waals surface area contributed by atoms with Gasteiger partial charge in [0, 0.05) is 37.9 Å². The van der Waals surface area contributed by atoms with Gasteiger partial charge in [0.1, 0.15) is 0 Å². The highest BCUT2D eigenvalue weighted by molar-refractivity contribution is 7.26. The maximum Gasteiger partial charge on any atom is 0.160 e. The van der Waals surface area contributed by atoms with Crippen LogP contribution in [0.1, 0.15) is 0 Å². The molecule has 0 radical (unpaired) electrons. The first-order valence-electron chi connectivity index (χ1n) is 13.3. The van der Waals surface area contributed by atoms with E-state index in [1.165, 1.54) is 31.2 Å². The van der Waals surface area contributed by atoms with Crippen LogP contribution in [0.15, 0.2) is 140 Å². The van der Waals surface area contributed by atoms with Gasteiger partial charge in [0.15, 0.2) is 5.82 Å². The lowest BCUT2D eigenvalue weighted by Gasteiger charge is -2.10. The molecule has 3 heterocycles. The standard InChI is InChI=1S/C36H23N3S/c1-4-12-24(13-5-1)30-23-31(25-14-6-2-7-15-25)38-36(37-30)26-20-21-33-29(22-26)34-35(40-33)28-18-10-11-19-32(28)39(34)27-16-8-3-9-17-27/h1-23H. The molecule has 8 aromatic rings. The molecule has 8 rings (SSSR count). The molecule has 4 heteroatoms. The molecular formula is C36H23N3S. The molecule has 0 aliphatic carbocycles. The van der Waals surface area contributed by atoms with E-state index in [1.54, 1.807) is 0 Å². The van der Waals surface area contributed by atoms with E-state index >= 15 is 0 Å². The maximum absolute atomic E-state index is 5.08. The summed E-state index contributed by atoms with van der Waals surface area (Å²) in [6, 6.07) is 48.7.